The minimum Gasteiger partial charge on any atom is -0.207 e. The molecule has 0 heterocycles. The molecule has 22 heavy (non-hydrogen) atoms. The highest BCUT2D eigenvalue weighted by molar-refractivity contribution is 7.89. The van der Waals surface area contributed by atoms with Crippen LogP contribution in [-0.4, -0.2) is 8.42 Å². The van der Waals surface area contributed by atoms with Gasteiger partial charge < -0.3 is 0 Å². The fraction of sp³-hybridized carbons (Fsp3) is 0.294. The first-order chi connectivity index (χ1) is 10.5. The van der Waals surface area contributed by atoms with Crippen LogP contribution in [0.1, 0.15) is 36.1 Å². The standard InChI is InChI=1S/C17H18FNO2S/c1-12(16-7-2-3-8-17(16)18)19-22(20,21)15-10-9-13-5-4-6-14(13)11-15/h2-3,7-12,19H,4-6H2,1H3. The van der Waals surface area contributed by atoms with Crippen molar-refractivity contribution in [1.82, 2.24) is 4.72 Å². The van der Waals surface area contributed by atoms with Gasteiger partial charge in [-0.3, -0.25) is 0 Å². The van der Waals surface area contributed by atoms with Crippen LogP contribution in [0.15, 0.2) is 47.4 Å². The second-order valence-electron chi connectivity index (χ2n) is 5.65. The molecule has 116 valence electrons. The molecular formula is C17H18FNO2S. The lowest BCUT2D eigenvalue weighted by Gasteiger charge is -2.16. The van der Waals surface area contributed by atoms with Gasteiger partial charge in [0, 0.05) is 11.6 Å². The van der Waals surface area contributed by atoms with E-state index in [0.29, 0.717) is 5.56 Å². The number of rotatable bonds is 4. The lowest BCUT2D eigenvalue weighted by atomic mass is 10.1. The van der Waals surface area contributed by atoms with Gasteiger partial charge in [-0.05, 0) is 55.5 Å². The lowest BCUT2D eigenvalue weighted by Crippen LogP contribution is -2.27. The van der Waals surface area contributed by atoms with Crippen molar-refractivity contribution in [3.63, 3.8) is 0 Å². The molecule has 0 saturated heterocycles. The molecule has 0 aliphatic heterocycles. The maximum atomic E-state index is 13.8. The Labute approximate surface area is 130 Å². The van der Waals surface area contributed by atoms with Crippen LogP contribution < -0.4 is 4.72 Å². The SMILES string of the molecule is CC(NS(=O)(=O)c1ccc2c(c1)CCC2)c1ccccc1F. The zero-order chi connectivity index (χ0) is 15.7. The molecule has 1 N–H and O–H groups in total. The van der Waals surface area contributed by atoms with Gasteiger partial charge in [0.2, 0.25) is 10.0 Å². The molecule has 2 aromatic carbocycles. The average molecular weight is 319 g/mol. The molecule has 1 unspecified atom stereocenters. The molecule has 1 aliphatic rings. The number of halogens is 1. The molecule has 3 nitrogen and oxygen atoms in total. The van der Waals surface area contributed by atoms with E-state index >= 15 is 0 Å². The van der Waals surface area contributed by atoms with E-state index in [0.717, 1.165) is 24.8 Å². The Bertz CT molecular complexity index is 802. The van der Waals surface area contributed by atoms with Gasteiger partial charge >= 0.3 is 0 Å². The fourth-order valence-electron chi connectivity index (χ4n) is 2.91. The van der Waals surface area contributed by atoms with E-state index in [1.807, 2.05) is 6.07 Å². The van der Waals surface area contributed by atoms with Crippen LogP contribution in [0.5, 0.6) is 0 Å². The summed E-state index contributed by atoms with van der Waals surface area (Å²) < 4.78 is 41.3. The summed E-state index contributed by atoms with van der Waals surface area (Å²) in [6, 6.07) is 10.8. The van der Waals surface area contributed by atoms with Gasteiger partial charge in [0.1, 0.15) is 5.82 Å². The molecule has 0 aromatic heterocycles. The maximum Gasteiger partial charge on any atom is 0.241 e. The van der Waals surface area contributed by atoms with E-state index in [4.69, 9.17) is 0 Å². The maximum absolute atomic E-state index is 13.8. The Kier molecular flexibility index (Phi) is 4.02. The van der Waals surface area contributed by atoms with E-state index in [-0.39, 0.29) is 4.90 Å². The predicted octanol–water partition coefficient (Wildman–Crippen LogP) is 3.35. The van der Waals surface area contributed by atoms with Crippen LogP contribution in [0, 0.1) is 5.82 Å². The third-order valence-electron chi connectivity index (χ3n) is 4.08. The summed E-state index contributed by atoms with van der Waals surface area (Å²) in [5, 5.41) is 0. The van der Waals surface area contributed by atoms with Gasteiger partial charge in [0.05, 0.1) is 4.90 Å². The first-order valence-electron chi connectivity index (χ1n) is 7.36. The third kappa shape index (κ3) is 2.91. The zero-order valence-electron chi connectivity index (χ0n) is 12.3. The van der Waals surface area contributed by atoms with Gasteiger partial charge in [-0.15, -0.1) is 0 Å². The highest BCUT2D eigenvalue weighted by Crippen LogP contribution is 2.26. The Morgan fingerprint density at radius 1 is 1.09 bits per heavy atom. The molecule has 3 rings (SSSR count). The molecule has 0 fully saturated rings. The summed E-state index contributed by atoms with van der Waals surface area (Å²) in [5.74, 6) is -0.411. The molecule has 0 spiro atoms. The van der Waals surface area contributed by atoms with Gasteiger partial charge in [-0.2, -0.15) is 0 Å². The summed E-state index contributed by atoms with van der Waals surface area (Å²) in [5.41, 5.74) is 2.66. The highest BCUT2D eigenvalue weighted by Gasteiger charge is 2.22. The molecule has 2 aromatic rings. The van der Waals surface area contributed by atoms with Crippen molar-refractivity contribution in [1.29, 1.82) is 0 Å². The minimum atomic E-state index is -3.66. The number of nitrogens with one attached hydrogen (secondary N) is 1. The number of hydrogen-bond acceptors (Lipinski definition) is 2. The topological polar surface area (TPSA) is 46.2 Å². The first kappa shape index (κ1) is 15.2. The highest BCUT2D eigenvalue weighted by atomic mass is 32.2. The van der Waals surface area contributed by atoms with Crippen molar-refractivity contribution in [2.24, 2.45) is 0 Å². The third-order valence-corrected chi connectivity index (χ3v) is 5.62. The summed E-state index contributed by atoms with van der Waals surface area (Å²) in [4.78, 5) is 0.247. The monoisotopic (exact) mass is 319 g/mol. The quantitative estimate of drug-likeness (QED) is 0.939. The van der Waals surface area contributed by atoms with E-state index in [2.05, 4.69) is 4.72 Å². The Morgan fingerprint density at radius 3 is 2.59 bits per heavy atom. The zero-order valence-corrected chi connectivity index (χ0v) is 13.2. The molecule has 0 radical (unpaired) electrons. The summed E-state index contributed by atoms with van der Waals surface area (Å²) in [6.07, 6.45) is 2.99. The largest absolute Gasteiger partial charge is 0.241 e. The van der Waals surface area contributed by atoms with Gasteiger partial charge in [-0.1, -0.05) is 24.3 Å². The Balaban J connectivity index is 1.86. The van der Waals surface area contributed by atoms with Crippen molar-refractivity contribution in [3.05, 3.63) is 65.0 Å². The molecule has 0 saturated carbocycles. The van der Waals surface area contributed by atoms with E-state index in [1.165, 1.54) is 11.6 Å². The van der Waals surface area contributed by atoms with E-state index < -0.39 is 21.9 Å². The minimum absolute atomic E-state index is 0.247. The Morgan fingerprint density at radius 2 is 1.82 bits per heavy atom. The van der Waals surface area contributed by atoms with Crippen molar-refractivity contribution in [2.45, 2.75) is 37.1 Å². The van der Waals surface area contributed by atoms with Crippen molar-refractivity contribution in [2.75, 3.05) is 0 Å². The van der Waals surface area contributed by atoms with Crippen LogP contribution in [0.4, 0.5) is 4.39 Å². The molecular weight excluding hydrogens is 301 g/mol. The van der Waals surface area contributed by atoms with Crippen LogP contribution in [0.2, 0.25) is 0 Å². The van der Waals surface area contributed by atoms with E-state index in [9.17, 15) is 12.8 Å². The van der Waals surface area contributed by atoms with Crippen LogP contribution in [0.3, 0.4) is 0 Å². The molecule has 0 amide bonds. The number of aryl methyl sites for hydroxylation is 2. The van der Waals surface area contributed by atoms with Crippen molar-refractivity contribution >= 4 is 10.0 Å². The second-order valence-corrected chi connectivity index (χ2v) is 7.36. The second kappa shape index (κ2) is 5.82. The number of benzene rings is 2. The van der Waals surface area contributed by atoms with Crippen LogP contribution >= 0.6 is 0 Å². The van der Waals surface area contributed by atoms with Crippen molar-refractivity contribution < 1.29 is 12.8 Å². The predicted molar refractivity (Wildman–Crippen MR) is 83.6 cm³/mol. The number of fused-ring (bicyclic) bond motifs is 1. The summed E-state index contributed by atoms with van der Waals surface area (Å²) in [7, 11) is -3.66. The number of sulfonamides is 1. The summed E-state index contributed by atoms with van der Waals surface area (Å²) in [6.45, 7) is 1.64. The van der Waals surface area contributed by atoms with Crippen molar-refractivity contribution in [3.8, 4) is 0 Å². The lowest BCUT2D eigenvalue weighted by molar-refractivity contribution is 0.550. The molecule has 1 aliphatic carbocycles. The van der Waals surface area contributed by atoms with Crippen LogP contribution in [0.25, 0.3) is 0 Å². The fourth-order valence-corrected chi connectivity index (χ4v) is 4.18. The Hall–Kier alpha value is -1.72. The van der Waals surface area contributed by atoms with Crippen LogP contribution in [-0.2, 0) is 22.9 Å². The number of hydrogen-bond donors (Lipinski definition) is 1. The molecule has 5 heteroatoms. The smallest absolute Gasteiger partial charge is 0.207 e. The normalized spacial score (nSPS) is 15.5. The van der Waals surface area contributed by atoms with Gasteiger partial charge in [0.25, 0.3) is 0 Å². The first-order valence-corrected chi connectivity index (χ1v) is 8.84. The molecule has 0 bridgehead atoms. The summed E-state index contributed by atoms with van der Waals surface area (Å²) >= 11 is 0. The molecule has 1 atom stereocenters. The van der Waals surface area contributed by atoms with E-state index in [1.54, 1.807) is 37.3 Å². The van der Waals surface area contributed by atoms with Gasteiger partial charge in [0.15, 0.2) is 0 Å². The average Bonchev–Trinajstić information content (AvgIpc) is 2.94. The van der Waals surface area contributed by atoms with Gasteiger partial charge in [-0.25, -0.2) is 17.5 Å².